The quantitative estimate of drug-likeness (QED) is 0.596. The number of hydrogen-bond acceptors (Lipinski definition) is 6. The van der Waals surface area contributed by atoms with Gasteiger partial charge in [0.1, 0.15) is 5.82 Å². The van der Waals surface area contributed by atoms with E-state index in [1.807, 2.05) is 48.7 Å². The largest absolute Gasteiger partial charge is 0.355 e. The predicted octanol–water partition coefficient (Wildman–Crippen LogP) is 3.53. The fourth-order valence-electron chi connectivity index (χ4n) is 3.65. The van der Waals surface area contributed by atoms with Crippen molar-refractivity contribution >= 4 is 38.8 Å². The molecule has 0 saturated carbocycles. The van der Waals surface area contributed by atoms with Crippen molar-refractivity contribution < 1.29 is 13.2 Å². The zero-order chi connectivity index (χ0) is 22.6. The molecule has 4 rings (SSSR count). The Bertz CT molecular complexity index is 1140. The molecule has 1 amide bonds. The van der Waals surface area contributed by atoms with Gasteiger partial charge in [-0.2, -0.15) is 4.31 Å². The first kappa shape index (κ1) is 22.4. The maximum atomic E-state index is 13.0. The highest BCUT2D eigenvalue weighted by molar-refractivity contribution is 7.89. The third-order valence-corrected chi connectivity index (χ3v) is 8.17. The fraction of sp³-hybridized carbons (Fsp3) is 0.304. The van der Waals surface area contributed by atoms with Crippen LogP contribution in [0.15, 0.2) is 65.0 Å². The van der Waals surface area contributed by atoms with Crippen molar-refractivity contribution in [2.75, 3.05) is 36.4 Å². The van der Waals surface area contributed by atoms with Gasteiger partial charge in [0.2, 0.25) is 15.9 Å². The minimum atomic E-state index is -3.51. The molecule has 32 heavy (non-hydrogen) atoms. The Balaban J connectivity index is 1.37. The Morgan fingerprint density at radius 3 is 2.56 bits per heavy atom. The summed E-state index contributed by atoms with van der Waals surface area (Å²) in [5, 5.41) is 4.82. The van der Waals surface area contributed by atoms with Crippen LogP contribution in [-0.4, -0.2) is 49.8 Å². The minimum absolute atomic E-state index is 0.0753. The molecule has 2 aromatic heterocycles. The van der Waals surface area contributed by atoms with Gasteiger partial charge in [0.05, 0.1) is 23.2 Å². The second kappa shape index (κ2) is 9.81. The average molecular weight is 471 g/mol. The first-order valence-electron chi connectivity index (χ1n) is 10.5. The molecule has 9 heteroatoms. The zero-order valence-corrected chi connectivity index (χ0v) is 19.5. The van der Waals surface area contributed by atoms with Gasteiger partial charge >= 0.3 is 0 Å². The maximum absolute atomic E-state index is 13.0. The number of carbonyl (C=O) groups excluding carboxylic acids is 1. The number of aromatic nitrogens is 1. The van der Waals surface area contributed by atoms with Crippen molar-refractivity contribution in [2.24, 2.45) is 0 Å². The SMILES string of the molecule is Cc1ccc(S(=O)(=O)N2CCCN(c3ccc(NC(=O)Cc4cccs4)cn3)CC2)cc1. The summed E-state index contributed by atoms with van der Waals surface area (Å²) in [7, 11) is -3.51. The fourth-order valence-corrected chi connectivity index (χ4v) is 5.82. The van der Waals surface area contributed by atoms with Crippen molar-refractivity contribution in [3.63, 3.8) is 0 Å². The van der Waals surface area contributed by atoms with E-state index in [2.05, 4.69) is 15.2 Å². The molecular formula is C23H26N4O3S2. The second-order valence-electron chi connectivity index (χ2n) is 7.77. The molecule has 3 heterocycles. The van der Waals surface area contributed by atoms with Gasteiger partial charge in [-0.3, -0.25) is 4.79 Å². The Hall–Kier alpha value is -2.75. The minimum Gasteiger partial charge on any atom is -0.355 e. The van der Waals surface area contributed by atoms with Crippen molar-refractivity contribution in [1.29, 1.82) is 0 Å². The number of nitrogens with zero attached hydrogens (tertiary/aromatic N) is 3. The molecule has 1 aliphatic heterocycles. The molecule has 1 fully saturated rings. The van der Waals surface area contributed by atoms with Gasteiger partial charge < -0.3 is 10.2 Å². The lowest BCUT2D eigenvalue weighted by Gasteiger charge is -2.23. The molecule has 1 saturated heterocycles. The van der Waals surface area contributed by atoms with Gasteiger partial charge in [0.15, 0.2) is 0 Å². The van der Waals surface area contributed by atoms with Crippen molar-refractivity contribution in [2.45, 2.75) is 24.7 Å². The van der Waals surface area contributed by atoms with E-state index in [1.165, 1.54) is 0 Å². The molecule has 7 nitrogen and oxygen atoms in total. The standard InChI is InChI=1S/C23H26N4O3S2/c1-18-5-8-21(9-6-18)32(29,30)27-12-3-11-26(13-14-27)22-10-7-19(17-24-22)25-23(28)16-20-4-2-15-31-20/h2,4-10,15,17H,3,11-14,16H2,1H3,(H,25,28). The molecule has 0 bridgehead atoms. The highest BCUT2D eigenvalue weighted by Crippen LogP contribution is 2.21. The van der Waals surface area contributed by atoms with Gasteiger partial charge in [-0.05, 0) is 49.1 Å². The summed E-state index contributed by atoms with van der Waals surface area (Å²) in [5.41, 5.74) is 1.68. The molecule has 1 aromatic carbocycles. The summed E-state index contributed by atoms with van der Waals surface area (Å²) in [5.74, 6) is 0.699. The van der Waals surface area contributed by atoms with Crippen LogP contribution in [0.2, 0.25) is 0 Å². The number of aryl methyl sites for hydroxylation is 1. The summed E-state index contributed by atoms with van der Waals surface area (Å²) in [6, 6.07) is 14.5. The lowest BCUT2D eigenvalue weighted by Crippen LogP contribution is -2.35. The van der Waals surface area contributed by atoms with Crippen molar-refractivity contribution in [3.05, 3.63) is 70.5 Å². The smallest absolute Gasteiger partial charge is 0.243 e. The highest BCUT2D eigenvalue weighted by atomic mass is 32.2. The number of carbonyl (C=O) groups is 1. The maximum Gasteiger partial charge on any atom is 0.243 e. The molecule has 0 spiro atoms. The van der Waals surface area contributed by atoms with Gasteiger partial charge in [-0.1, -0.05) is 23.8 Å². The van der Waals surface area contributed by atoms with Crippen LogP contribution in [0.5, 0.6) is 0 Å². The van der Waals surface area contributed by atoms with E-state index >= 15 is 0 Å². The van der Waals surface area contributed by atoms with E-state index in [-0.39, 0.29) is 5.91 Å². The van der Waals surface area contributed by atoms with Gasteiger partial charge in [0, 0.05) is 31.1 Å². The van der Waals surface area contributed by atoms with E-state index in [9.17, 15) is 13.2 Å². The lowest BCUT2D eigenvalue weighted by atomic mass is 10.2. The topological polar surface area (TPSA) is 82.6 Å². The molecule has 1 N–H and O–H groups in total. The van der Waals surface area contributed by atoms with Crippen LogP contribution in [0.3, 0.4) is 0 Å². The third-order valence-electron chi connectivity index (χ3n) is 5.38. The predicted molar refractivity (Wildman–Crippen MR) is 128 cm³/mol. The van der Waals surface area contributed by atoms with Crippen LogP contribution in [0.25, 0.3) is 0 Å². The van der Waals surface area contributed by atoms with Gasteiger partial charge in [-0.25, -0.2) is 13.4 Å². The number of sulfonamides is 1. The summed E-state index contributed by atoms with van der Waals surface area (Å²) >= 11 is 1.56. The second-order valence-corrected chi connectivity index (χ2v) is 10.7. The summed E-state index contributed by atoms with van der Waals surface area (Å²) in [6.07, 6.45) is 2.70. The van der Waals surface area contributed by atoms with E-state index in [1.54, 1.807) is 34.0 Å². The molecule has 0 atom stereocenters. The molecule has 0 aliphatic carbocycles. The number of anilines is 2. The Kier molecular flexibility index (Phi) is 6.88. The number of pyridine rings is 1. The molecule has 0 radical (unpaired) electrons. The summed E-state index contributed by atoms with van der Waals surface area (Å²) in [6.45, 7) is 4.09. The van der Waals surface area contributed by atoms with Crippen molar-refractivity contribution in [1.82, 2.24) is 9.29 Å². The number of nitrogens with one attached hydrogen (secondary N) is 1. The number of amides is 1. The van der Waals surface area contributed by atoms with E-state index in [0.717, 1.165) is 22.8 Å². The monoisotopic (exact) mass is 470 g/mol. The Morgan fingerprint density at radius 1 is 1.06 bits per heavy atom. The first-order chi connectivity index (χ1) is 15.4. The van der Waals surface area contributed by atoms with Crippen LogP contribution in [-0.2, 0) is 21.2 Å². The number of rotatable bonds is 6. The summed E-state index contributed by atoms with van der Waals surface area (Å²) in [4.78, 5) is 20.1. The lowest BCUT2D eigenvalue weighted by molar-refractivity contribution is -0.115. The van der Waals surface area contributed by atoms with Crippen molar-refractivity contribution in [3.8, 4) is 0 Å². The normalized spacial score (nSPS) is 15.3. The van der Waals surface area contributed by atoms with Gasteiger partial charge in [-0.15, -0.1) is 11.3 Å². The molecule has 168 valence electrons. The molecular weight excluding hydrogens is 444 g/mol. The van der Waals surface area contributed by atoms with Crippen LogP contribution < -0.4 is 10.2 Å². The van der Waals surface area contributed by atoms with E-state index < -0.39 is 10.0 Å². The number of hydrogen-bond donors (Lipinski definition) is 1. The summed E-state index contributed by atoms with van der Waals surface area (Å²) < 4.78 is 27.6. The van der Waals surface area contributed by atoms with E-state index in [0.29, 0.717) is 43.1 Å². The Labute approximate surface area is 192 Å². The van der Waals surface area contributed by atoms with Crippen LogP contribution in [0.1, 0.15) is 16.9 Å². The molecule has 3 aromatic rings. The number of thiophene rings is 1. The average Bonchev–Trinajstić information content (AvgIpc) is 3.15. The zero-order valence-electron chi connectivity index (χ0n) is 17.9. The number of benzene rings is 1. The first-order valence-corrected chi connectivity index (χ1v) is 12.8. The van der Waals surface area contributed by atoms with Crippen LogP contribution in [0, 0.1) is 6.92 Å². The third kappa shape index (κ3) is 5.35. The van der Waals surface area contributed by atoms with Crippen LogP contribution in [0.4, 0.5) is 11.5 Å². The van der Waals surface area contributed by atoms with Crippen LogP contribution >= 0.6 is 11.3 Å². The molecule has 1 aliphatic rings. The Morgan fingerprint density at radius 2 is 1.88 bits per heavy atom. The van der Waals surface area contributed by atoms with E-state index in [4.69, 9.17) is 0 Å². The molecule has 0 unspecified atom stereocenters. The highest BCUT2D eigenvalue weighted by Gasteiger charge is 2.27. The van der Waals surface area contributed by atoms with Gasteiger partial charge in [0.25, 0.3) is 0 Å².